The largest absolute Gasteiger partial charge is 0.361 e. The van der Waals surface area contributed by atoms with Crippen LogP contribution in [0.15, 0.2) is 48.5 Å². The molecule has 110 valence electrons. The second-order valence-corrected chi connectivity index (χ2v) is 7.12. The van der Waals surface area contributed by atoms with E-state index >= 15 is 0 Å². The standard InChI is InChI=1S/C19H24NO/c1-19(18-8-6-5-7-16(18)14-21-19)17-11-9-15(10-12-17)13-20(2,3)4/h5-12H,13-14H2,1-4H3/q+1. The average molecular weight is 282 g/mol. The van der Waals surface area contributed by atoms with Gasteiger partial charge in [0.1, 0.15) is 12.1 Å². The summed E-state index contributed by atoms with van der Waals surface area (Å²) in [6.45, 7) is 3.91. The van der Waals surface area contributed by atoms with Gasteiger partial charge in [-0.1, -0.05) is 48.5 Å². The monoisotopic (exact) mass is 282 g/mol. The molecule has 0 bridgehead atoms. The molecule has 0 saturated carbocycles. The van der Waals surface area contributed by atoms with Crippen LogP contribution in [0.25, 0.3) is 0 Å². The first-order valence-electron chi connectivity index (χ1n) is 7.51. The lowest BCUT2D eigenvalue weighted by Crippen LogP contribution is -2.33. The van der Waals surface area contributed by atoms with Crippen molar-refractivity contribution in [2.24, 2.45) is 0 Å². The van der Waals surface area contributed by atoms with Crippen molar-refractivity contribution in [1.82, 2.24) is 0 Å². The SMILES string of the molecule is CC1(c2ccc(C[N+](C)(C)C)cc2)OCc2ccccc21. The molecule has 0 N–H and O–H groups in total. The maximum atomic E-state index is 6.13. The van der Waals surface area contributed by atoms with Crippen LogP contribution in [0.5, 0.6) is 0 Å². The van der Waals surface area contributed by atoms with E-state index in [0.29, 0.717) is 6.61 Å². The van der Waals surface area contributed by atoms with Crippen LogP contribution >= 0.6 is 0 Å². The Morgan fingerprint density at radius 3 is 2.33 bits per heavy atom. The van der Waals surface area contributed by atoms with E-state index < -0.39 is 0 Å². The van der Waals surface area contributed by atoms with Gasteiger partial charge < -0.3 is 9.22 Å². The van der Waals surface area contributed by atoms with Crippen LogP contribution in [0.1, 0.15) is 29.2 Å². The Labute approximate surface area is 127 Å². The third-order valence-electron chi connectivity index (χ3n) is 4.21. The van der Waals surface area contributed by atoms with Gasteiger partial charge in [-0.3, -0.25) is 0 Å². The molecule has 0 spiro atoms. The molecule has 2 aromatic rings. The summed E-state index contributed by atoms with van der Waals surface area (Å²) in [5, 5.41) is 0. The molecule has 3 rings (SSSR count). The number of nitrogens with zero attached hydrogens (tertiary/aromatic N) is 1. The van der Waals surface area contributed by atoms with Gasteiger partial charge >= 0.3 is 0 Å². The Kier molecular flexibility index (Phi) is 3.39. The van der Waals surface area contributed by atoms with Crippen molar-refractivity contribution in [1.29, 1.82) is 0 Å². The van der Waals surface area contributed by atoms with E-state index in [1.807, 2.05) is 0 Å². The fourth-order valence-corrected chi connectivity index (χ4v) is 3.13. The highest BCUT2D eigenvalue weighted by molar-refractivity contribution is 5.43. The molecular formula is C19H24NO+. The minimum atomic E-state index is -0.314. The fourth-order valence-electron chi connectivity index (χ4n) is 3.13. The number of quaternary nitrogens is 1. The number of hydrogen-bond acceptors (Lipinski definition) is 1. The Balaban J connectivity index is 1.91. The lowest BCUT2D eigenvalue weighted by Gasteiger charge is -2.27. The van der Waals surface area contributed by atoms with Crippen LogP contribution in [-0.2, 0) is 23.5 Å². The first kappa shape index (κ1) is 14.3. The van der Waals surface area contributed by atoms with E-state index in [-0.39, 0.29) is 5.60 Å². The number of rotatable bonds is 3. The van der Waals surface area contributed by atoms with Crippen molar-refractivity contribution < 1.29 is 9.22 Å². The van der Waals surface area contributed by atoms with Crippen molar-refractivity contribution in [3.8, 4) is 0 Å². The number of benzene rings is 2. The maximum absolute atomic E-state index is 6.13. The van der Waals surface area contributed by atoms with Gasteiger partial charge in [-0.25, -0.2) is 0 Å². The van der Waals surface area contributed by atoms with Crippen molar-refractivity contribution in [3.63, 3.8) is 0 Å². The predicted octanol–water partition coefficient (Wildman–Crippen LogP) is 3.69. The highest BCUT2D eigenvalue weighted by atomic mass is 16.5. The summed E-state index contributed by atoms with van der Waals surface area (Å²) in [6, 6.07) is 17.4. The number of fused-ring (bicyclic) bond motifs is 1. The van der Waals surface area contributed by atoms with Gasteiger partial charge in [-0.15, -0.1) is 0 Å². The first-order valence-corrected chi connectivity index (χ1v) is 7.51. The molecule has 2 nitrogen and oxygen atoms in total. The Morgan fingerprint density at radius 2 is 1.67 bits per heavy atom. The summed E-state index contributed by atoms with van der Waals surface area (Å²) >= 11 is 0. The smallest absolute Gasteiger partial charge is 0.116 e. The van der Waals surface area contributed by atoms with E-state index in [0.717, 1.165) is 11.0 Å². The molecule has 1 heterocycles. The third-order valence-corrected chi connectivity index (χ3v) is 4.21. The maximum Gasteiger partial charge on any atom is 0.116 e. The van der Waals surface area contributed by atoms with Gasteiger partial charge in [0.05, 0.1) is 27.7 Å². The summed E-state index contributed by atoms with van der Waals surface area (Å²) in [5.41, 5.74) is 4.88. The fraction of sp³-hybridized carbons (Fsp3) is 0.368. The summed E-state index contributed by atoms with van der Waals surface area (Å²) in [5.74, 6) is 0. The zero-order valence-electron chi connectivity index (χ0n) is 13.4. The summed E-state index contributed by atoms with van der Waals surface area (Å²) in [6.07, 6.45) is 0. The molecule has 0 aliphatic carbocycles. The predicted molar refractivity (Wildman–Crippen MR) is 85.9 cm³/mol. The molecule has 1 unspecified atom stereocenters. The number of hydrogen-bond donors (Lipinski definition) is 0. The van der Waals surface area contributed by atoms with Crippen LogP contribution in [-0.4, -0.2) is 25.6 Å². The lowest BCUT2D eigenvalue weighted by molar-refractivity contribution is -0.884. The minimum Gasteiger partial charge on any atom is -0.361 e. The summed E-state index contributed by atoms with van der Waals surface area (Å²) in [4.78, 5) is 0. The quantitative estimate of drug-likeness (QED) is 0.780. The lowest BCUT2D eigenvalue weighted by atomic mass is 9.87. The van der Waals surface area contributed by atoms with Gasteiger partial charge in [0, 0.05) is 5.56 Å². The van der Waals surface area contributed by atoms with E-state index in [9.17, 15) is 0 Å². The van der Waals surface area contributed by atoms with E-state index in [1.165, 1.54) is 22.3 Å². The van der Waals surface area contributed by atoms with Gasteiger partial charge in [-0.2, -0.15) is 0 Å². The average Bonchev–Trinajstić information content (AvgIpc) is 2.77. The van der Waals surface area contributed by atoms with Crippen LogP contribution < -0.4 is 0 Å². The molecule has 0 fully saturated rings. The second kappa shape index (κ2) is 4.97. The van der Waals surface area contributed by atoms with Crippen LogP contribution in [0, 0.1) is 0 Å². The molecule has 0 saturated heterocycles. The molecule has 0 radical (unpaired) electrons. The highest BCUT2D eigenvalue weighted by Gasteiger charge is 2.36. The Bertz CT molecular complexity index is 639. The van der Waals surface area contributed by atoms with E-state index in [1.54, 1.807) is 0 Å². The zero-order valence-corrected chi connectivity index (χ0v) is 13.4. The van der Waals surface area contributed by atoms with Gasteiger partial charge in [-0.05, 0) is 23.6 Å². The number of ether oxygens (including phenoxy) is 1. The van der Waals surface area contributed by atoms with Crippen LogP contribution in [0.2, 0.25) is 0 Å². The van der Waals surface area contributed by atoms with Gasteiger partial charge in [0.2, 0.25) is 0 Å². The Hall–Kier alpha value is -1.64. The van der Waals surface area contributed by atoms with Crippen molar-refractivity contribution >= 4 is 0 Å². The third kappa shape index (κ3) is 2.74. The van der Waals surface area contributed by atoms with Crippen LogP contribution in [0.4, 0.5) is 0 Å². The molecule has 2 heteroatoms. The Morgan fingerprint density at radius 1 is 1.00 bits per heavy atom. The molecule has 1 aliphatic heterocycles. The zero-order chi connectivity index (χ0) is 15.1. The first-order chi connectivity index (χ1) is 9.88. The molecule has 2 aromatic carbocycles. The molecule has 0 aromatic heterocycles. The van der Waals surface area contributed by atoms with E-state index in [4.69, 9.17) is 4.74 Å². The molecule has 1 aliphatic rings. The van der Waals surface area contributed by atoms with Crippen molar-refractivity contribution in [2.75, 3.05) is 21.1 Å². The van der Waals surface area contributed by atoms with Crippen LogP contribution in [0.3, 0.4) is 0 Å². The topological polar surface area (TPSA) is 9.23 Å². The molecule has 0 amide bonds. The molecule has 1 atom stereocenters. The molecular weight excluding hydrogens is 258 g/mol. The minimum absolute atomic E-state index is 0.314. The molecule has 21 heavy (non-hydrogen) atoms. The van der Waals surface area contributed by atoms with E-state index in [2.05, 4.69) is 76.6 Å². The van der Waals surface area contributed by atoms with Crippen molar-refractivity contribution in [3.05, 3.63) is 70.8 Å². The van der Waals surface area contributed by atoms with Gasteiger partial charge in [0.15, 0.2) is 0 Å². The normalized spacial score (nSPS) is 21.3. The van der Waals surface area contributed by atoms with Gasteiger partial charge in [0.25, 0.3) is 0 Å². The highest BCUT2D eigenvalue weighted by Crippen LogP contribution is 2.41. The summed E-state index contributed by atoms with van der Waals surface area (Å²) in [7, 11) is 6.64. The second-order valence-electron chi connectivity index (χ2n) is 7.12. The van der Waals surface area contributed by atoms with Crippen molar-refractivity contribution in [2.45, 2.75) is 25.7 Å². The summed E-state index contributed by atoms with van der Waals surface area (Å²) < 4.78 is 7.07.